The minimum Gasteiger partial charge on any atom is -0.372 e. The number of aliphatic imine (C=N–C) groups is 3. The second kappa shape index (κ2) is 36.1. The molecule has 5 aromatic heterocycles. The maximum Gasteiger partial charge on any atom is 0.282 e. The van der Waals surface area contributed by atoms with Crippen LogP contribution in [0.2, 0.25) is 0 Å². The van der Waals surface area contributed by atoms with Crippen LogP contribution in [0.3, 0.4) is 0 Å². The monoisotopic (exact) mass is 1620 g/mol. The van der Waals surface area contributed by atoms with E-state index >= 15 is 0 Å². The SMILES string of the molecule is CCN(CC)c1ccc(N=C2C(C)=Nn3nc(-c4ccc(C(C)(C)C)cc4)nc32)c(C)c1.Cc1ccc(-c2nc3n(n2)C(=O)C(c2ccccc2)=C3C#N)cc1.[C-]#[N+]C1=C(C#N)c2nc(-c3ccccc3)nn2C1=Nc1ccc(N(CC)CC)cc1.[C-]#[N+]C1=C(C#N)c2nc(-c3ccccn3)nn2C1=Nc1ccc(N(c2ccccc2)c2ccccc2)cc1. The zero-order valence-electron chi connectivity index (χ0n) is 69.7. The Morgan fingerprint density at radius 3 is 1.35 bits per heavy atom. The Kier molecular flexibility index (Phi) is 24.0. The molecule has 9 heterocycles. The van der Waals surface area contributed by atoms with Gasteiger partial charge in [0.2, 0.25) is 11.6 Å². The second-order valence-corrected chi connectivity index (χ2v) is 29.7. The van der Waals surface area contributed by atoms with Crippen molar-refractivity contribution < 1.29 is 4.79 Å². The van der Waals surface area contributed by atoms with Gasteiger partial charge in [-0.15, -0.1) is 25.2 Å². The van der Waals surface area contributed by atoms with Crippen molar-refractivity contribution in [1.82, 2.24) is 64.2 Å². The first kappa shape index (κ1) is 82.2. The fourth-order valence-electron chi connectivity index (χ4n) is 14.3. The molecule has 0 fully saturated rings. The second-order valence-electron chi connectivity index (χ2n) is 29.7. The largest absolute Gasteiger partial charge is 0.372 e. The van der Waals surface area contributed by atoms with Crippen molar-refractivity contribution in [1.29, 1.82) is 15.8 Å². The molecule has 0 aliphatic carbocycles. The molecule has 0 radical (unpaired) electrons. The number of benzene rings is 9. The summed E-state index contributed by atoms with van der Waals surface area (Å²) >= 11 is 0. The number of hydrogen-bond donors (Lipinski definition) is 0. The van der Waals surface area contributed by atoms with E-state index in [0.717, 1.165) is 93.9 Å². The number of fused-ring (bicyclic) bond motifs is 4. The molecule has 26 nitrogen and oxygen atoms in total. The van der Waals surface area contributed by atoms with Crippen LogP contribution in [0.15, 0.2) is 292 Å². The standard InChI is InChI=1S/C30H18N8.C26H32N6.C23H19N7.C19H12N4O/c1-32-27-25(20-31)29-35-28(26-14-8-9-19-33-26)36-38(29)30(27)34-21-15-17-24(18-16-21)37(22-10-4-2-5-11-22)23-12-6-3-7-13-23;1-8-31(9-2)21-14-15-22(17(3)16-21)27-23-18(4)29-32-25(23)28-24(30-32)19-10-12-20(13-11-19)26(5,6)7;1-4-29(5-2)18-13-11-17(12-14-18)26-23-20(25-3)19(15-24)22-27-21(28-30(22)23)16-9-7-6-8-10-16;1-12-7-9-14(10-8-12)17-21-18-15(11-20)16(19(24)23(18)22-17)13-5-3-2-4-6-13/h2-19H;10-16H,8-9H2,1-7H3;6-14H,4-5H2,1-2H3;2-10H,1H3. The molecule has 4 aliphatic rings. The molecular formula is C98H81N25O. The Bertz CT molecular complexity index is 6780. The van der Waals surface area contributed by atoms with Crippen molar-refractivity contribution in [3.05, 3.63) is 341 Å². The van der Waals surface area contributed by atoms with Crippen molar-refractivity contribution in [2.75, 3.05) is 40.9 Å². The van der Waals surface area contributed by atoms with Crippen LogP contribution in [-0.2, 0) is 5.41 Å². The van der Waals surface area contributed by atoms with Crippen molar-refractivity contribution in [3.8, 4) is 63.9 Å². The van der Waals surface area contributed by atoms with Crippen LogP contribution in [0.4, 0.5) is 45.5 Å². The van der Waals surface area contributed by atoms with Crippen LogP contribution in [0.5, 0.6) is 0 Å². The average Bonchev–Trinajstić information content (AvgIpc) is 1.61. The molecule has 0 saturated carbocycles. The molecule has 604 valence electrons. The molecule has 0 spiro atoms. The van der Waals surface area contributed by atoms with Gasteiger partial charge in [-0.2, -0.15) is 25.6 Å². The summed E-state index contributed by atoms with van der Waals surface area (Å²) in [7, 11) is 0. The van der Waals surface area contributed by atoms with Crippen LogP contribution >= 0.6 is 0 Å². The number of hydrogen-bond acceptors (Lipinski definition) is 20. The first-order chi connectivity index (χ1) is 60.3. The van der Waals surface area contributed by atoms with Gasteiger partial charge in [-0.05, 0) is 174 Å². The third-order valence-corrected chi connectivity index (χ3v) is 20.8. The smallest absolute Gasteiger partial charge is 0.282 e. The van der Waals surface area contributed by atoms with Crippen LogP contribution in [0, 0.1) is 61.0 Å². The van der Waals surface area contributed by atoms with Gasteiger partial charge in [0.25, 0.3) is 17.3 Å². The van der Waals surface area contributed by atoms with Gasteiger partial charge in [-0.1, -0.05) is 178 Å². The lowest BCUT2D eigenvalue weighted by molar-refractivity contribution is 0.0969. The van der Waals surface area contributed by atoms with E-state index in [9.17, 15) is 20.6 Å². The third-order valence-electron chi connectivity index (χ3n) is 20.8. The van der Waals surface area contributed by atoms with Gasteiger partial charge in [-0.25, -0.2) is 54.0 Å². The summed E-state index contributed by atoms with van der Waals surface area (Å²) in [6, 6.07) is 88.7. The Labute approximate surface area is 717 Å². The summed E-state index contributed by atoms with van der Waals surface area (Å²) in [6.07, 6.45) is 1.65. The number of carbonyl (C=O) groups is 1. The van der Waals surface area contributed by atoms with Gasteiger partial charge in [0.05, 0.1) is 53.6 Å². The summed E-state index contributed by atoms with van der Waals surface area (Å²) in [4.78, 5) is 65.0. The van der Waals surface area contributed by atoms with Gasteiger partial charge in [0, 0.05) is 77.5 Å². The molecule has 0 atom stereocenters. The Morgan fingerprint density at radius 2 is 0.863 bits per heavy atom. The maximum atomic E-state index is 12.7. The Balaban J connectivity index is 0.000000130. The first-order valence-corrected chi connectivity index (χ1v) is 40.2. The van der Waals surface area contributed by atoms with Crippen LogP contribution < -0.4 is 14.7 Å². The third kappa shape index (κ3) is 16.8. The number of aryl methyl sites for hydroxylation is 2. The fourth-order valence-corrected chi connectivity index (χ4v) is 14.3. The van der Waals surface area contributed by atoms with E-state index in [4.69, 9.17) is 28.1 Å². The molecule has 18 rings (SSSR count). The molecule has 4 aliphatic heterocycles. The van der Waals surface area contributed by atoms with E-state index in [0.29, 0.717) is 74.8 Å². The van der Waals surface area contributed by atoms with Crippen LogP contribution in [0.1, 0.15) is 106 Å². The minimum absolute atomic E-state index is 0.113. The molecule has 0 bridgehead atoms. The molecule has 9 aromatic carbocycles. The Hall–Kier alpha value is -16.9. The van der Waals surface area contributed by atoms with E-state index in [1.807, 2.05) is 178 Å². The molecule has 14 aromatic rings. The van der Waals surface area contributed by atoms with E-state index in [2.05, 4.69) is 215 Å². The highest BCUT2D eigenvalue weighted by Gasteiger charge is 2.37. The van der Waals surface area contributed by atoms with Gasteiger partial charge in [0.15, 0.2) is 46.6 Å². The van der Waals surface area contributed by atoms with Crippen molar-refractivity contribution >= 4 is 96.8 Å². The molecule has 0 N–H and O–H groups in total. The predicted octanol–water partition coefficient (Wildman–Crippen LogP) is 20.2. The van der Waals surface area contributed by atoms with E-state index < -0.39 is 0 Å². The molecule has 26 heteroatoms. The number of rotatable bonds is 17. The molecule has 124 heavy (non-hydrogen) atoms. The van der Waals surface area contributed by atoms with Crippen LogP contribution in [-0.4, -0.2) is 119 Å². The number of nitriles is 3. The van der Waals surface area contributed by atoms with E-state index in [1.54, 1.807) is 35.3 Å². The van der Waals surface area contributed by atoms with Gasteiger partial charge >= 0.3 is 0 Å². The highest BCUT2D eigenvalue weighted by molar-refractivity contribution is 6.48. The maximum absolute atomic E-state index is 12.7. The minimum atomic E-state index is -0.321. The lowest BCUT2D eigenvalue weighted by atomic mass is 9.87. The summed E-state index contributed by atoms with van der Waals surface area (Å²) in [5, 5.41) is 51.5. The quantitative estimate of drug-likeness (QED) is 0.0765. The van der Waals surface area contributed by atoms with E-state index in [1.165, 1.54) is 25.3 Å². The number of aromatic nitrogens is 13. The van der Waals surface area contributed by atoms with Gasteiger partial charge in [0.1, 0.15) is 34.2 Å². The molecule has 0 amide bonds. The Morgan fingerprint density at radius 1 is 0.435 bits per heavy atom. The number of nitrogens with zero attached hydrogens (tertiary/aromatic N) is 25. The molecule has 0 saturated heterocycles. The highest BCUT2D eigenvalue weighted by Crippen LogP contribution is 2.40. The van der Waals surface area contributed by atoms with Crippen molar-refractivity contribution in [2.45, 2.75) is 74.7 Å². The summed E-state index contributed by atoms with van der Waals surface area (Å²) in [5.74, 6) is 3.85. The van der Waals surface area contributed by atoms with Gasteiger partial charge in [-0.3, -0.25) is 9.78 Å². The zero-order chi connectivity index (χ0) is 86.7. The first-order valence-electron chi connectivity index (χ1n) is 40.2. The number of anilines is 5. The lowest BCUT2D eigenvalue weighted by Crippen LogP contribution is -2.21. The van der Waals surface area contributed by atoms with E-state index in [-0.39, 0.29) is 51.1 Å². The number of pyridine rings is 1. The summed E-state index contributed by atoms with van der Waals surface area (Å²) in [6.45, 7) is 40.3. The van der Waals surface area contributed by atoms with Crippen LogP contribution in [0.25, 0.3) is 77.7 Å². The number of allylic oxidation sites excluding steroid dienone is 6. The summed E-state index contributed by atoms with van der Waals surface area (Å²) < 4.78 is 4.16. The highest BCUT2D eigenvalue weighted by atomic mass is 16.2. The average molecular weight is 1620 g/mol. The molecular weight excluding hydrogens is 1540 g/mol. The zero-order valence-corrected chi connectivity index (χ0v) is 69.7. The van der Waals surface area contributed by atoms with Gasteiger partial charge < -0.3 is 14.7 Å². The summed E-state index contributed by atoms with van der Waals surface area (Å²) in [5.41, 5.74) is 18.0. The predicted molar refractivity (Wildman–Crippen MR) is 486 cm³/mol. The van der Waals surface area contributed by atoms with Crippen molar-refractivity contribution in [2.24, 2.45) is 20.1 Å². The topological polar surface area (TPSA) is 292 Å². The number of para-hydroxylation sites is 2. The number of carbonyl (C=O) groups excluding carboxylic acids is 1. The normalized spacial score (nSPS) is 13.7. The molecule has 0 unspecified atom stereocenters. The lowest BCUT2D eigenvalue weighted by Gasteiger charge is -2.25. The van der Waals surface area contributed by atoms with Crippen molar-refractivity contribution in [3.63, 3.8) is 0 Å². The fraction of sp³-hybridized carbons (Fsp3) is 0.153.